The van der Waals surface area contributed by atoms with Gasteiger partial charge in [0.1, 0.15) is 18.1 Å². The Labute approximate surface area is 222 Å². The molecule has 4 N–H and O–H groups in total. The average Bonchev–Trinajstić information content (AvgIpc) is 2.87. The van der Waals surface area contributed by atoms with E-state index in [0.717, 1.165) is 28.1 Å². The van der Waals surface area contributed by atoms with E-state index >= 15 is 0 Å². The smallest absolute Gasteiger partial charge is 0.407 e. The highest BCUT2D eigenvalue weighted by molar-refractivity contribution is 7.89. The highest BCUT2D eigenvalue weighted by atomic mass is 32.2. The van der Waals surface area contributed by atoms with E-state index in [0.29, 0.717) is 5.56 Å². The Balaban J connectivity index is 1.82. The van der Waals surface area contributed by atoms with E-state index in [1.54, 1.807) is 24.5 Å². The van der Waals surface area contributed by atoms with E-state index in [-0.39, 0.29) is 36.9 Å². The van der Waals surface area contributed by atoms with Crippen molar-refractivity contribution in [3.8, 4) is 11.5 Å². The second-order valence-corrected chi connectivity index (χ2v) is 11.3. The number of alkyl carbamates (subject to hydrolysis) is 1. The molecule has 204 valence electrons. The molecule has 0 aliphatic heterocycles. The normalized spacial score (nSPS) is 13.3. The van der Waals surface area contributed by atoms with Crippen LogP contribution in [-0.2, 0) is 27.8 Å². The number of aromatic nitrogens is 1. The molecule has 0 saturated carbocycles. The van der Waals surface area contributed by atoms with E-state index < -0.39 is 39.8 Å². The van der Waals surface area contributed by atoms with Gasteiger partial charge in [0, 0.05) is 49.2 Å². The van der Waals surface area contributed by atoms with Crippen molar-refractivity contribution >= 4 is 16.1 Å². The summed E-state index contributed by atoms with van der Waals surface area (Å²) >= 11 is 0. The quantitative estimate of drug-likeness (QED) is 0.272. The van der Waals surface area contributed by atoms with Gasteiger partial charge in [0.2, 0.25) is 10.0 Å². The third-order valence-electron chi connectivity index (χ3n) is 5.63. The summed E-state index contributed by atoms with van der Waals surface area (Å²) in [6.45, 7) is 3.33. The molecule has 1 heterocycles. The molecule has 0 unspecified atom stereocenters. The van der Waals surface area contributed by atoms with E-state index in [9.17, 15) is 28.5 Å². The summed E-state index contributed by atoms with van der Waals surface area (Å²) in [5, 5.41) is 33.6. The van der Waals surface area contributed by atoms with Crippen molar-refractivity contribution in [1.29, 1.82) is 0 Å². The standard InChI is InChI=1S/C27H33N3O7S/c1-19(2)16-30(38(35,36)24-13-22(31)12-23(32)14-24)17-26(33)25(11-20-7-4-3-5-8-20)29-27(34)37-18-21-9-6-10-28-15-21/h3-10,12-15,19,25-26,31-33H,11,16-18H2,1-2H3,(H,29,34)/t25-,26+/m0/s1. The van der Waals surface area contributed by atoms with Gasteiger partial charge >= 0.3 is 6.09 Å². The molecule has 38 heavy (non-hydrogen) atoms. The fourth-order valence-electron chi connectivity index (χ4n) is 3.86. The molecule has 0 aliphatic rings. The van der Waals surface area contributed by atoms with Gasteiger partial charge in [0.15, 0.2) is 0 Å². The third kappa shape index (κ3) is 8.44. The average molecular weight is 544 g/mol. The van der Waals surface area contributed by atoms with Gasteiger partial charge in [0.05, 0.1) is 17.0 Å². The summed E-state index contributed by atoms with van der Waals surface area (Å²) in [6.07, 6.45) is 1.29. The Hall–Kier alpha value is -3.67. The zero-order valence-electron chi connectivity index (χ0n) is 21.3. The maximum absolute atomic E-state index is 13.4. The molecule has 2 atom stereocenters. The van der Waals surface area contributed by atoms with Gasteiger partial charge in [-0.15, -0.1) is 0 Å². The Kier molecular flexibility index (Phi) is 10.1. The van der Waals surface area contributed by atoms with Crippen LogP contribution in [0.5, 0.6) is 11.5 Å². The first-order chi connectivity index (χ1) is 18.0. The molecule has 3 rings (SSSR count). The molecular formula is C27H33N3O7S. The number of aliphatic hydroxyl groups is 1. The van der Waals surface area contributed by atoms with Crippen LogP contribution in [0, 0.1) is 5.92 Å². The number of aliphatic hydroxyl groups excluding tert-OH is 1. The molecule has 11 heteroatoms. The van der Waals surface area contributed by atoms with Crippen molar-refractivity contribution in [3.63, 3.8) is 0 Å². The van der Waals surface area contributed by atoms with Gasteiger partial charge in [0.25, 0.3) is 0 Å². The molecule has 2 aromatic carbocycles. The Morgan fingerprint density at radius 3 is 2.26 bits per heavy atom. The minimum absolute atomic E-state index is 0.0251. The lowest BCUT2D eigenvalue weighted by Crippen LogP contribution is -2.51. The van der Waals surface area contributed by atoms with Crippen molar-refractivity contribution in [2.75, 3.05) is 13.1 Å². The number of carbonyl (C=O) groups is 1. The molecule has 0 fully saturated rings. The molecule has 0 spiro atoms. The van der Waals surface area contributed by atoms with Gasteiger partial charge in [-0.25, -0.2) is 13.2 Å². The monoisotopic (exact) mass is 543 g/mol. The molecule has 3 aromatic rings. The lowest BCUT2D eigenvalue weighted by Gasteiger charge is -2.30. The van der Waals surface area contributed by atoms with Gasteiger partial charge in [-0.2, -0.15) is 4.31 Å². The Morgan fingerprint density at radius 2 is 1.66 bits per heavy atom. The van der Waals surface area contributed by atoms with Crippen LogP contribution in [-0.4, -0.2) is 64.4 Å². The van der Waals surface area contributed by atoms with Crippen molar-refractivity contribution in [1.82, 2.24) is 14.6 Å². The van der Waals surface area contributed by atoms with Crippen molar-refractivity contribution < 1.29 is 33.3 Å². The number of carbonyl (C=O) groups excluding carboxylic acids is 1. The number of phenolic OH excluding ortho intramolecular Hbond substituents is 2. The van der Waals surface area contributed by atoms with Crippen LogP contribution >= 0.6 is 0 Å². The zero-order chi connectivity index (χ0) is 27.7. The first kappa shape index (κ1) is 28.9. The molecule has 1 amide bonds. The summed E-state index contributed by atoms with van der Waals surface area (Å²) < 4.78 is 33.3. The van der Waals surface area contributed by atoms with Crippen LogP contribution in [0.1, 0.15) is 25.0 Å². The van der Waals surface area contributed by atoms with Gasteiger partial charge in [-0.1, -0.05) is 50.2 Å². The summed E-state index contributed by atoms with van der Waals surface area (Å²) in [5.41, 5.74) is 1.51. The largest absolute Gasteiger partial charge is 0.508 e. The van der Waals surface area contributed by atoms with Crippen molar-refractivity contribution in [3.05, 3.63) is 84.2 Å². The number of rotatable bonds is 12. The van der Waals surface area contributed by atoms with Crippen LogP contribution in [0.3, 0.4) is 0 Å². The predicted molar refractivity (Wildman–Crippen MR) is 141 cm³/mol. The highest BCUT2D eigenvalue weighted by Gasteiger charge is 2.32. The van der Waals surface area contributed by atoms with Gasteiger partial charge in [-0.3, -0.25) is 4.98 Å². The minimum Gasteiger partial charge on any atom is -0.508 e. The maximum atomic E-state index is 13.4. The number of hydrogen-bond acceptors (Lipinski definition) is 8. The number of ether oxygens (including phenoxy) is 1. The number of phenols is 2. The Morgan fingerprint density at radius 1 is 1.00 bits per heavy atom. The number of pyridine rings is 1. The zero-order valence-corrected chi connectivity index (χ0v) is 22.1. The number of benzene rings is 2. The number of hydrogen-bond donors (Lipinski definition) is 4. The predicted octanol–water partition coefficient (Wildman–Crippen LogP) is 3.04. The molecule has 0 radical (unpaired) electrons. The fraction of sp³-hybridized carbons (Fsp3) is 0.333. The van der Waals surface area contributed by atoms with Crippen molar-refractivity contribution in [2.45, 2.75) is 43.9 Å². The number of nitrogens with one attached hydrogen (secondary N) is 1. The first-order valence-electron chi connectivity index (χ1n) is 12.1. The van der Waals surface area contributed by atoms with Gasteiger partial charge < -0.3 is 25.4 Å². The third-order valence-corrected chi connectivity index (χ3v) is 7.44. The van der Waals surface area contributed by atoms with Crippen LogP contribution in [0.25, 0.3) is 0 Å². The van der Waals surface area contributed by atoms with Crippen LogP contribution in [0.15, 0.2) is 78.0 Å². The van der Waals surface area contributed by atoms with Crippen LogP contribution in [0.4, 0.5) is 4.79 Å². The summed E-state index contributed by atoms with van der Waals surface area (Å²) in [4.78, 5) is 16.3. The van der Waals surface area contributed by atoms with E-state index in [1.807, 2.05) is 44.2 Å². The minimum atomic E-state index is -4.21. The number of amides is 1. The molecule has 10 nitrogen and oxygen atoms in total. The molecule has 0 bridgehead atoms. The van der Waals surface area contributed by atoms with Crippen molar-refractivity contribution in [2.24, 2.45) is 5.92 Å². The highest BCUT2D eigenvalue weighted by Crippen LogP contribution is 2.27. The number of sulfonamides is 1. The summed E-state index contributed by atoms with van der Waals surface area (Å²) in [7, 11) is -4.21. The SMILES string of the molecule is CC(C)CN(C[C@@H](O)[C@H](Cc1ccccc1)NC(=O)OCc1cccnc1)S(=O)(=O)c1cc(O)cc(O)c1. The van der Waals surface area contributed by atoms with Gasteiger partial charge in [-0.05, 0) is 24.0 Å². The van der Waals surface area contributed by atoms with E-state index in [2.05, 4.69) is 10.3 Å². The molecule has 0 aliphatic carbocycles. The summed E-state index contributed by atoms with van der Waals surface area (Å²) in [5.74, 6) is -0.921. The molecular weight excluding hydrogens is 510 g/mol. The maximum Gasteiger partial charge on any atom is 0.407 e. The fourth-order valence-corrected chi connectivity index (χ4v) is 5.54. The topological polar surface area (TPSA) is 149 Å². The second kappa shape index (κ2) is 13.2. The lowest BCUT2D eigenvalue weighted by molar-refractivity contribution is 0.0873. The van der Waals surface area contributed by atoms with E-state index in [1.165, 1.54) is 0 Å². The molecule has 0 saturated heterocycles. The first-order valence-corrected chi connectivity index (χ1v) is 13.6. The number of aromatic hydroxyl groups is 2. The Bertz CT molecular complexity index is 1270. The van der Waals surface area contributed by atoms with Crippen LogP contribution < -0.4 is 5.32 Å². The van der Waals surface area contributed by atoms with Crippen LogP contribution in [0.2, 0.25) is 0 Å². The lowest BCUT2D eigenvalue weighted by atomic mass is 10.0. The molecule has 1 aromatic heterocycles. The van der Waals surface area contributed by atoms with E-state index in [4.69, 9.17) is 4.74 Å². The second-order valence-electron chi connectivity index (χ2n) is 9.35. The summed E-state index contributed by atoms with van der Waals surface area (Å²) in [6, 6.07) is 14.8. The number of nitrogens with zero attached hydrogens (tertiary/aromatic N) is 2.